The second-order valence-electron chi connectivity index (χ2n) is 5.89. The van der Waals surface area contributed by atoms with Gasteiger partial charge in [0.25, 0.3) is 0 Å². The molecule has 2 rings (SSSR count). The smallest absolute Gasteiger partial charge is 0.00966 e. The van der Waals surface area contributed by atoms with Crippen LogP contribution in [-0.4, -0.2) is 37.1 Å². The van der Waals surface area contributed by atoms with E-state index >= 15 is 0 Å². The van der Waals surface area contributed by atoms with Gasteiger partial charge in [-0.2, -0.15) is 0 Å². The number of hydrogen-bond donors (Lipinski definition) is 1. The number of rotatable bonds is 6. The zero-order valence-corrected chi connectivity index (χ0v) is 11.0. The van der Waals surface area contributed by atoms with E-state index in [1.165, 1.54) is 58.3 Å². The maximum Gasteiger partial charge on any atom is 0.00966 e. The van der Waals surface area contributed by atoms with E-state index in [1.54, 1.807) is 0 Å². The van der Waals surface area contributed by atoms with Crippen LogP contribution in [-0.2, 0) is 0 Å². The van der Waals surface area contributed by atoms with Crippen LogP contribution in [0.4, 0.5) is 0 Å². The summed E-state index contributed by atoms with van der Waals surface area (Å²) in [4.78, 5) is 2.80. The molecule has 1 aliphatic carbocycles. The Labute approximate surface area is 101 Å². The van der Waals surface area contributed by atoms with Crippen molar-refractivity contribution in [1.29, 1.82) is 0 Å². The molecule has 0 aromatic rings. The van der Waals surface area contributed by atoms with Gasteiger partial charge in [-0.3, -0.25) is 4.90 Å². The maximum atomic E-state index is 3.47. The first-order valence-electron chi connectivity index (χ1n) is 7.24. The minimum Gasteiger partial charge on any atom is -0.317 e. The minimum absolute atomic E-state index is 0.877. The zero-order chi connectivity index (χ0) is 11.4. The van der Waals surface area contributed by atoms with Gasteiger partial charge in [-0.15, -0.1) is 0 Å². The van der Waals surface area contributed by atoms with Gasteiger partial charge < -0.3 is 5.32 Å². The molecule has 1 atom stereocenters. The van der Waals surface area contributed by atoms with Crippen molar-refractivity contribution in [2.45, 2.75) is 52.0 Å². The van der Waals surface area contributed by atoms with Gasteiger partial charge >= 0.3 is 0 Å². The van der Waals surface area contributed by atoms with Crippen LogP contribution in [0.5, 0.6) is 0 Å². The van der Waals surface area contributed by atoms with Crippen LogP contribution in [0.1, 0.15) is 46.0 Å². The monoisotopic (exact) mass is 224 g/mol. The molecule has 1 saturated carbocycles. The van der Waals surface area contributed by atoms with Crippen molar-refractivity contribution in [3.05, 3.63) is 0 Å². The lowest BCUT2D eigenvalue weighted by atomic mass is 9.96. The summed E-state index contributed by atoms with van der Waals surface area (Å²) in [5, 5.41) is 3.47. The predicted molar refractivity (Wildman–Crippen MR) is 69.6 cm³/mol. The lowest BCUT2D eigenvalue weighted by Gasteiger charge is -2.31. The fraction of sp³-hybridized carbons (Fsp3) is 1.00. The van der Waals surface area contributed by atoms with Gasteiger partial charge in [0.1, 0.15) is 0 Å². The normalized spacial score (nSPS) is 24.9. The van der Waals surface area contributed by atoms with Crippen molar-refractivity contribution in [3.8, 4) is 0 Å². The van der Waals surface area contributed by atoms with Crippen molar-refractivity contribution in [2.75, 3.05) is 26.2 Å². The van der Waals surface area contributed by atoms with Gasteiger partial charge in [0.15, 0.2) is 0 Å². The fourth-order valence-corrected chi connectivity index (χ4v) is 2.74. The van der Waals surface area contributed by atoms with Crippen molar-refractivity contribution >= 4 is 0 Å². The van der Waals surface area contributed by atoms with Gasteiger partial charge in [-0.05, 0) is 50.6 Å². The summed E-state index contributed by atoms with van der Waals surface area (Å²) in [6.07, 6.45) is 7.03. The average molecular weight is 224 g/mol. The maximum absolute atomic E-state index is 3.47. The van der Waals surface area contributed by atoms with Gasteiger partial charge in [-0.25, -0.2) is 0 Å². The molecule has 2 nitrogen and oxygen atoms in total. The summed E-state index contributed by atoms with van der Waals surface area (Å²) in [5.74, 6) is 1.84. The molecule has 1 saturated heterocycles. The van der Waals surface area contributed by atoms with E-state index in [2.05, 4.69) is 24.1 Å². The molecule has 0 bridgehead atoms. The molecule has 16 heavy (non-hydrogen) atoms. The van der Waals surface area contributed by atoms with Crippen LogP contribution in [0.25, 0.3) is 0 Å². The molecular formula is C14H28N2. The van der Waals surface area contributed by atoms with Crippen LogP contribution >= 0.6 is 0 Å². The molecule has 0 aromatic heterocycles. The van der Waals surface area contributed by atoms with E-state index < -0.39 is 0 Å². The topological polar surface area (TPSA) is 15.3 Å². The second-order valence-corrected chi connectivity index (χ2v) is 5.89. The predicted octanol–water partition coefficient (Wildman–Crippen LogP) is 2.50. The number of piperidine rings is 1. The quantitative estimate of drug-likeness (QED) is 0.746. The van der Waals surface area contributed by atoms with Gasteiger partial charge in [0.2, 0.25) is 0 Å². The van der Waals surface area contributed by atoms with E-state index in [0.717, 1.165) is 17.9 Å². The third kappa shape index (κ3) is 3.74. The van der Waals surface area contributed by atoms with Gasteiger partial charge in [0, 0.05) is 19.1 Å². The van der Waals surface area contributed by atoms with Crippen LogP contribution in [0, 0.1) is 11.8 Å². The first kappa shape index (κ1) is 12.4. The minimum atomic E-state index is 0.877. The molecule has 0 radical (unpaired) electrons. The molecule has 2 aliphatic rings. The SMILES string of the molecule is CCC(C)CN(CC1CCNCC1)C1CC1. The molecular weight excluding hydrogens is 196 g/mol. The lowest BCUT2D eigenvalue weighted by molar-refractivity contribution is 0.174. The number of nitrogens with zero attached hydrogens (tertiary/aromatic N) is 1. The number of nitrogens with one attached hydrogen (secondary N) is 1. The third-order valence-electron chi connectivity index (χ3n) is 4.26. The highest BCUT2D eigenvalue weighted by molar-refractivity contribution is 4.87. The average Bonchev–Trinajstić information content (AvgIpc) is 3.13. The van der Waals surface area contributed by atoms with Crippen LogP contribution < -0.4 is 5.32 Å². The van der Waals surface area contributed by atoms with Crippen molar-refractivity contribution in [3.63, 3.8) is 0 Å². The molecule has 0 aromatic carbocycles. The standard InChI is InChI=1S/C14H28N2/c1-3-12(2)10-16(14-4-5-14)11-13-6-8-15-9-7-13/h12-15H,3-11H2,1-2H3. The summed E-state index contributed by atoms with van der Waals surface area (Å²) in [6.45, 7) is 9.92. The first-order valence-corrected chi connectivity index (χ1v) is 7.24. The van der Waals surface area contributed by atoms with Crippen molar-refractivity contribution in [2.24, 2.45) is 11.8 Å². The fourth-order valence-electron chi connectivity index (χ4n) is 2.74. The Balaban J connectivity index is 1.77. The Hall–Kier alpha value is -0.0800. The molecule has 1 heterocycles. The number of hydrogen-bond acceptors (Lipinski definition) is 2. The van der Waals surface area contributed by atoms with E-state index in [1.807, 2.05) is 0 Å². The van der Waals surface area contributed by atoms with Crippen molar-refractivity contribution in [1.82, 2.24) is 10.2 Å². The summed E-state index contributed by atoms with van der Waals surface area (Å²) in [6, 6.07) is 0.948. The Bertz CT molecular complexity index is 195. The first-order chi connectivity index (χ1) is 7.79. The van der Waals surface area contributed by atoms with Crippen LogP contribution in [0.15, 0.2) is 0 Å². The third-order valence-corrected chi connectivity index (χ3v) is 4.26. The highest BCUT2D eigenvalue weighted by Gasteiger charge is 2.31. The summed E-state index contributed by atoms with van der Waals surface area (Å²) in [5.41, 5.74) is 0. The summed E-state index contributed by atoms with van der Waals surface area (Å²) >= 11 is 0. The Morgan fingerprint density at radius 1 is 1.19 bits per heavy atom. The van der Waals surface area contributed by atoms with E-state index in [9.17, 15) is 0 Å². The lowest BCUT2D eigenvalue weighted by Crippen LogP contribution is -2.39. The largest absolute Gasteiger partial charge is 0.317 e. The molecule has 1 aliphatic heterocycles. The van der Waals surface area contributed by atoms with E-state index in [4.69, 9.17) is 0 Å². The summed E-state index contributed by atoms with van der Waals surface area (Å²) < 4.78 is 0. The van der Waals surface area contributed by atoms with Crippen molar-refractivity contribution < 1.29 is 0 Å². The Morgan fingerprint density at radius 2 is 1.88 bits per heavy atom. The highest BCUT2D eigenvalue weighted by Crippen LogP contribution is 2.29. The highest BCUT2D eigenvalue weighted by atomic mass is 15.2. The van der Waals surface area contributed by atoms with Gasteiger partial charge in [0.05, 0.1) is 0 Å². The second kappa shape index (κ2) is 6.02. The summed E-state index contributed by atoms with van der Waals surface area (Å²) in [7, 11) is 0. The Kier molecular flexibility index (Phi) is 4.66. The van der Waals surface area contributed by atoms with E-state index in [-0.39, 0.29) is 0 Å². The Morgan fingerprint density at radius 3 is 2.44 bits per heavy atom. The molecule has 2 fully saturated rings. The molecule has 0 spiro atoms. The van der Waals surface area contributed by atoms with E-state index in [0.29, 0.717) is 0 Å². The van der Waals surface area contributed by atoms with Gasteiger partial charge in [-0.1, -0.05) is 20.3 Å². The van der Waals surface area contributed by atoms with Crippen LogP contribution in [0.2, 0.25) is 0 Å². The molecule has 2 heteroatoms. The molecule has 1 unspecified atom stereocenters. The zero-order valence-electron chi connectivity index (χ0n) is 11.0. The van der Waals surface area contributed by atoms with Crippen LogP contribution in [0.3, 0.4) is 0 Å². The molecule has 94 valence electrons. The molecule has 0 amide bonds. The molecule has 1 N–H and O–H groups in total.